The molecule has 2 aromatic rings. The van der Waals surface area contributed by atoms with E-state index in [1.807, 2.05) is 30.5 Å². The molecule has 0 aliphatic carbocycles. The minimum absolute atomic E-state index is 0.467. The zero-order valence-corrected chi connectivity index (χ0v) is 11.3. The average molecular weight is 279 g/mol. The van der Waals surface area contributed by atoms with Crippen LogP contribution in [0.15, 0.2) is 47.4 Å². The number of ether oxygens (including phenoxy) is 1. The van der Waals surface area contributed by atoms with Crippen LogP contribution >= 0.6 is 23.4 Å². The molecule has 4 heteroatoms. The van der Waals surface area contributed by atoms with Crippen molar-refractivity contribution in [1.82, 2.24) is 0 Å². The first-order chi connectivity index (χ1) is 8.72. The summed E-state index contributed by atoms with van der Waals surface area (Å²) in [5.74, 6) is 1.15. The van der Waals surface area contributed by atoms with Crippen molar-refractivity contribution in [2.75, 3.05) is 6.26 Å². The van der Waals surface area contributed by atoms with E-state index in [4.69, 9.17) is 16.3 Å². The molecule has 0 spiro atoms. The lowest BCUT2D eigenvalue weighted by atomic mass is 10.2. The Morgan fingerprint density at radius 2 is 1.89 bits per heavy atom. The van der Waals surface area contributed by atoms with Crippen molar-refractivity contribution in [2.24, 2.45) is 0 Å². The van der Waals surface area contributed by atoms with Gasteiger partial charge in [0, 0.05) is 16.0 Å². The topological polar surface area (TPSA) is 26.3 Å². The number of hydrogen-bond acceptors (Lipinski definition) is 3. The molecule has 0 amide bonds. The SMILES string of the molecule is CSc1ccc(Oc2cc(Cl)ccc2C=O)cc1. The number of carbonyl (C=O) groups excluding carboxylic acids is 1. The van der Waals surface area contributed by atoms with Gasteiger partial charge in [0.2, 0.25) is 0 Å². The van der Waals surface area contributed by atoms with Gasteiger partial charge in [-0.15, -0.1) is 11.8 Å². The number of rotatable bonds is 4. The first kappa shape index (κ1) is 13.0. The lowest BCUT2D eigenvalue weighted by molar-refractivity contribution is 0.112. The number of carbonyl (C=O) groups is 1. The molecule has 2 aromatic carbocycles. The largest absolute Gasteiger partial charge is 0.457 e. The maximum absolute atomic E-state index is 10.9. The Morgan fingerprint density at radius 3 is 2.50 bits per heavy atom. The average Bonchev–Trinajstić information content (AvgIpc) is 2.40. The number of halogens is 1. The van der Waals surface area contributed by atoms with Gasteiger partial charge in [0.15, 0.2) is 6.29 Å². The highest BCUT2D eigenvalue weighted by Crippen LogP contribution is 2.28. The standard InChI is InChI=1S/C14H11ClO2S/c1-18-13-6-4-12(5-7-13)17-14-8-11(15)3-2-10(14)9-16/h2-9H,1H3. The highest BCUT2D eigenvalue weighted by Gasteiger charge is 2.05. The summed E-state index contributed by atoms with van der Waals surface area (Å²) < 4.78 is 5.66. The minimum Gasteiger partial charge on any atom is -0.457 e. The Bertz CT molecular complexity index is 552. The van der Waals surface area contributed by atoms with E-state index < -0.39 is 0 Å². The zero-order chi connectivity index (χ0) is 13.0. The predicted octanol–water partition coefficient (Wildman–Crippen LogP) is 4.67. The second-order valence-corrected chi connectivity index (χ2v) is 4.89. The Morgan fingerprint density at radius 1 is 1.17 bits per heavy atom. The number of benzene rings is 2. The van der Waals surface area contributed by atoms with E-state index in [-0.39, 0.29) is 0 Å². The summed E-state index contributed by atoms with van der Waals surface area (Å²) in [5.41, 5.74) is 0.480. The van der Waals surface area contributed by atoms with Gasteiger partial charge < -0.3 is 4.74 Å². The molecular formula is C14H11ClO2S. The van der Waals surface area contributed by atoms with Crippen molar-refractivity contribution >= 4 is 29.6 Å². The zero-order valence-electron chi connectivity index (χ0n) is 9.72. The van der Waals surface area contributed by atoms with Crippen molar-refractivity contribution in [3.05, 3.63) is 53.1 Å². The van der Waals surface area contributed by atoms with E-state index >= 15 is 0 Å². The molecule has 0 saturated heterocycles. The van der Waals surface area contributed by atoms with Gasteiger partial charge >= 0.3 is 0 Å². The number of aldehydes is 1. The molecule has 0 unspecified atom stereocenters. The maximum Gasteiger partial charge on any atom is 0.153 e. The van der Waals surface area contributed by atoms with Crippen LogP contribution < -0.4 is 4.74 Å². The van der Waals surface area contributed by atoms with Gasteiger partial charge in [0.25, 0.3) is 0 Å². The second kappa shape index (κ2) is 5.94. The molecule has 0 aliphatic heterocycles. The lowest BCUT2D eigenvalue weighted by Gasteiger charge is -2.08. The fraction of sp³-hybridized carbons (Fsp3) is 0.0714. The molecule has 0 N–H and O–H groups in total. The van der Waals surface area contributed by atoms with Gasteiger partial charge in [-0.25, -0.2) is 0 Å². The van der Waals surface area contributed by atoms with Gasteiger partial charge in [-0.05, 0) is 42.7 Å². The van der Waals surface area contributed by atoms with E-state index in [0.717, 1.165) is 11.2 Å². The van der Waals surface area contributed by atoms with Crippen LogP contribution in [0, 0.1) is 0 Å². The third-order valence-corrected chi connectivity index (χ3v) is 3.37. The Kier molecular flexibility index (Phi) is 4.28. The number of hydrogen-bond donors (Lipinski definition) is 0. The summed E-state index contributed by atoms with van der Waals surface area (Å²) >= 11 is 7.55. The monoisotopic (exact) mass is 278 g/mol. The summed E-state index contributed by atoms with van der Waals surface area (Å²) in [6, 6.07) is 12.6. The Balaban J connectivity index is 2.27. The van der Waals surface area contributed by atoms with Crippen molar-refractivity contribution in [2.45, 2.75) is 4.90 Å². The molecule has 0 aromatic heterocycles. The first-order valence-electron chi connectivity index (χ1n) is 5.29. The maximum atomic E-state index is 10.9. The Labute approximate surface area is 115 Å². The molecule has 0 atom stereocenters. The smallest absolute Gasteiger partial charge is 0.153 e. The lowest BCUT2D eigenvalue weighted by Crippen LogP contribution is -1.90. The summed E-state index contributed by atoms with van der Waals surface area (Å²) in [4.78, 5) is 12.1. The fourth-order valence-electron chi connectivity index (χ4n) is 1.46. The summed E-state index contributed by atoms with van der Waals surface area (Å²) in [6.45, 7) is 0. The highest BCUT2D eigenvalue weighted by molar-refractivity contribution is 7.98. The quantitative estimate of drug-likeness (QED) is 0.601. The molecular weight excluding hydrogens is 268 g/mol. The van der Waals surface area contributed by atoms with Crippen LogP contribution in [-0.2, 0) is 0 Å². The molecule has 0 bridgehead atoms. The molecule has 0 fully saturated rings. The van der Waals surface area contributed by atoms with Crippen LogP contribution in [0.5, 0.6) is 11.5 Å². The summed E-state index contributed by atoms with van der Waals surface area (Å²) in [5, 5.41) is 0.538. The third-order valence-electron chi connectivity index (χ3n) is 2.39. The third kappa shape index (κ3) is 3.06. The minimum atomic E-state index is 0.467. The second-order valence-electron chi connectivity index (χ2n) is 3.58. The van der Waals surface area contributed by atoms with Crippen molar-refractivity contribution in [3.8, 4) is 11.5 Å². The van der Waals surface area contributed by atoms with E-state index in [0.29, 0.717) is 22.1 Å². The van der Waals surface area contributed by atoms with Gasteiger partial charge in [0.05, 0.1) is 5.56 Å². The van der Waals surface area contributed by atoms with E-state index in [2.05, 4.69) is 0 Å². The molecule has 0 saturated carbocycles. The van der Waals surface area contributed by atoms with E-state index in [1.165, 1.54) is 0 Å². The van der Waals surface area contributed by atoms with Gasteiger partial charge in [-0.2, -0.15) is 0 Å². The molecule has 18 heavy (non-hydrogen) atoms. The van der Waals surface area contributed by atoms with Gasteiger partial charge in [-0.3, -0.25) is 4.79 Å². The van der Waals surface area contributed by atoms with Crippen LogP contribution in [0.2, 0.25) is 5.02 Å². The Hall–Kier alpha value is -1.45. The van der Waals surface area contributed by atoms with E-state index in [9.17, 15) is 4.79 Å². The summed E-state index contributed by atoms with van der Waals surface area (Å²) in [7, 11) is 0. The molecule has 0 radical (unpaired) electrons. The molecule has 2 nitrogen and oxygen atoms in total. The van der Waals surface area contributed by atoms with Crippen molar-refractivity contribution in [1.29, 1.82) is 0 Å². The fourth-order valence-corrected chi connectivity index (χ4v) is 2.04. The van der Waals surface area contributed by atoms with Crippen LogP contribution in [0.1, 0.15) is 10.4 Å². The highest BCUT2D eigenvalue weighted by atomic mass is 35.5. The van der Waals surface area contributed by atoms with E-state index in [1.54, 1.807) is 30.0 Å². The summed E-state index contributed by atoms with van der Waals surface area (Å²) in [6.07, 6.45) is 2.76. The van der Waals surface area contributed by atoms with Crippen molar-refractivity contribution < 1.29 is 9.53 Å². The normalized spacial score (nSPS) is 10.1. The van der Waals surface area contributed by atoms with Gasteiger partial charge in [0.1, 0.15) is 11.5 Å². The van der Waals surface area contributed by atoms with Crippen LogP contribution in [0.3, 0.4) is 0 Å². The molecule has 0 aliphatic rings. The molecule has 0 heterocycles. The van der Waals surface area contributed by atoms with Crippen LogP contribution in [0.4, 0.5) is 0 Å². The first-order valence-corrected chi connectivity index (χ1v) is 6.90. The number of thioether (sulfide) groups is 1. The van der Waals surface area contributed by atoms with Gasteiger partial charge in [-0.1, -0.05) is 11.6 Å². The van der Waals surface area contributed by atoms with Crippen LogP contribution in [-0.4, -0.2) is 12.5 Å². The van der Waals surface area contributed by atoms with Crippen molar-refractivity contribution in [3.63, 3.8) is 0 Å². The molecule has 92 valence electrons. The molecule has 2 rings (SSSR count). The predicted molar refractivity (Wildman–Crippen MR) is 75.1 cm³/mol. The van der Waals surface area contributed by atoms with Crippen LogP contribution in [0.25, 0.3) is 0 Å².